The molecule has 1 aromatic heterocycles. The van der Waals surface area contributed by atoms with Crippen molar-refractivity contribution < 1.29 is 9.18 Å². The molecule has 1 aliphatic rings. The van der Waals surface area contributed by atoms with Crippen molar-refractivity contribution in [3.63, 3.8) is 0 Å². The molecule has 1 saturated heterocycles. The number of carbonyl (C=O) groups is 1. The van der Waals surface area contributed by atoms with E-state index in [0.717, 1.165) is 32.1 Å². The molecule has 0 bridgehead atoms. The van der Waals surface area contributed by atoms with Crippen LogP contribution in [0, 0.1) is 5.82 Å². The Labute approximate surface area is 116 Å². The maximum absolute atomic E-state index is 13.3. The number of amides is 1. The second kappa shape index (κ2) is 6.65. The van der Waals surface area contributed by atoms with Crippen LogP contribution < -0.4 is 5.32 Å². The summed E-state index contributed by atoms with van der Waals surface area (Å²) >= 11 is 5.58. The number of hydrogen-bond acceptors (Lipinski definition) is 4. The maximum atomic E-state index is 13.3. The molecule has 2 rings (SSSR count). The van der Waals surface area contributed by atoms with Crippen molar-refractivity contribution in [2.45, 2.75) is 25.7 Å². The van der Waals surface area contributed by atoms with Crippen LogP contribution in [0.3, 0.4) is 0 Å². The van der Waals surface area contributed by atoms with Crippen LogP contribution in [0.25, 0.3) is 0 Å². The number of nitrogens with zero attached hydrogens (tertiary/aromatic N) is 3. The molecule has 5 nitrogen and oxygen atoms in total. The summed E-state index contributed by atoms with van der Waals surface area (Å²) in [5.41, 5.74) is 0. The van der Waals surface area contributed by atoms with Gasteiger partial charge < -0.3 is 10.2 Å². The Bertz CT molecular complexity index is 451. The molecule has 2 heterocycles. The molecule has 0 atom stereocenters. The fourth-order valence-corrected chi connectivity index (χ4v) is 2.19. The van der Waals surface area contributed by atoms with Gasteiger partial charge in [-0.3, -0.25) is 4.79 Å². The minimum absolute atomic E-state index is 0.0220. The zero-order valence-corrected chi connectivity index (χ0v) is 11.3. The number of piperidine rings is 1. The standard InChI is InChI=1S/C12H16ClFN4O/c13-12-16-8-9(14)11(17-12)15-5-4-10(19)18-6-2-1-3-7-18/h8H,1-7H2,(H,15,16,17). The van der Waals surface area contributed by atoms with Gasteiger partial charge in [-0.15, -0.1) is 0 Å². The predicted octanol–water partition coefficient (Wildman–Crippen LogP) is 2.08. The second-order valence-electron chi connectivity index (χ2n) is 4.45. The summed E-state index contributed by atoms with van der Waals surface area (Å²) in [5.74, 6) is -0.450. The molecular weight excluding hydrogens is 271 g/mol. The first kappa shape index (κ1) is 14.0. The summed E-state index contributed by atoms with van der Waals surface area (Å²) in [6.45, 7) is 1.98. The van der Waals surface area contributed by atoms with Crippen molar-refractivity contribution in [2.75, 3.05) is 25.0 Å². The lowest BCUT2D eigenvalue weighted by atomic mass is 10.1. The SMILES string of the molecule is O=C(CCNc1nc(Cl)ncc1F)N1CCCCC1. The van der Waals surface area contributed by atoms with Crippen molar-refractivity contribution in [3.05, 3.63) is 17.3 Å². The van der Waals surface area contributed by atoms with E-state index in [-0.39, 0.29) is 17.0 Å². The van der Waals surface area contributed by atoms with Crippen LogP contribution in [0.1, 0.15) is 25.7 Å². The summed E-state index contributed by atoms with van der Waals surface area (Å²) < 4.78 is 13.3. The van der Waals surface area contributed by atoms with Crippen molar-refractivity contribution >= 4 is 23.3 Å². The fourth-order valence-electron chi connectivity index (χ4n) is 2.06. The van der Waals surface area contributed by atoms with Gasteiger partial charge in [-0.2, -0.15) is 4.98 Å². The first-order chi connectivity index (χ1) is 9.16. The van der Waals surface area contributed by atoms with E-state index in [0.29, 0.717) is 13.0 Å². The number of hydrogen-bond donors (Lipinski definition) is 1. The molecule has 1 amide bonds. The third-order valence-electron chi connectivity index (χ3n) is 3.05. The molecule has 0 aromatic carbocycles. The Hall–Kier alpha value is -1.43. The largest absolute Gasteiger partial charge is 0.367 e. The molecule has 1 N–H and O–H groups in total. The fraction of sp³-hybridized carbons (Fsp3) is 0.583. The highest BCUT2D eigenvalue weighted by atomic mass is 35.5. The molecule has 0 spiro atoms. The summed E-state index contributed by atoms with van der Waals surface area (Å²) in [6, 6.07) is 0. The minimum Gasteiger partial charge on any atom is -0.367 e. The quantitative estimate of drug-likeness (QED) is 0.861. The number of likely N-dealkylation sites (tertiary alicyclic amines) is 1. The average molecular weight is 287 g/mol. The van der Waals surface area contributed by atoms with Gasteiger partial charge in [0.2, 0.25) is 11.2 Å². The monoisotopic (exact) mass is 286 g/mol. The highest BCUT2D eigenvalue weighted by Crippen LogP contribution is 2.13. The number of carbonyl (C=O) groups excluding carboxylic acids is 1. The van der Waals surface area contributed by atoms with E-state index in [2.05, 4.69) is 15.3 Å². The molecule has 19 heavy (non-hydrogen) atoms. The van der Waals surface area contributed by atoms with E-state index in [1.807, 2.05) is 4.90 Å². The van der Waals surface area contributed by atoms with Crippen LogP contribution in [0.15, 0.2) is 6.20 Å². The van der Waals surface area contributed by atoms with Crippen LogP contribution >= 0.6 is 11.6 Å². The summed E-state index contributed by atoms with van der Waals surface area (Å²) in [5, 5.41) is 2.74. The summed E-state index contributed by atoms with van der Waals surface area (Å²) in [7, 11) is 0. The average Bonchev–Trinajstić information content (AvgIpc) is 2.43. The molecule has 104 valence electrons. The third-order valence-corrected chi connectivity index (χ3v) is 3.24. The van der Waals surface area contributed by atoms with Gasteiger partial charge in [0, 0.05) is 26.1 Å². The third kappa shape index (κ3) is 4.02. The lowest BCUT2D eigenvalue weighted by Crippen LogP contribution is -2.36. The van der Waals surface area contributed by atoms with Gasteiger partial charge in [-0.05, 0) is 30.9 Å². The van der Waals surface area contributed by atoms with Gasteiger partial charge in [0.25, 0.3) is 0 Å². The Balaban J connectivity index is 1.79. The summed E-state index contributed by atoms with van der Waals surface area (Å²) in [4.78, 5) is 21.0. The van der Waals surface area contributed by atoms with Crippen LogP contribution in [0.2, 0.25) is 5.28 Å². The Morgan fingerprint density at radius 3 is 2.89 bits per heavy atom. The molecule has 0 unspecified atom stereocenters. The second-order valence-corrected chi connectivity index (χ2v) is 4.79. The maximum Gasteiger partial charge on any atom is 0.224 e. The van der Waals surface area contributed by atoms with E-state index in [1.54, 1.807) is 0 Å². The smallest absolute Gasteiger partial charge is 0.224 e. The Morgan fingerprint density at radius 2 is 2.16 bits per heavy atom. The number of aromatic nitrogens is 2. The van der Waals surface area contributed by atoms with Crippen LogP contribution in [0.5, 0.6) is 0 Å². The molecular formula is C12H16ClFN4O. The van der Waals surface area contributed by atoms with Crippen molar-refractivity contribution in [2.24, 2.45) is 0 Å². The first-order valence-electron chi connectivity index (χ1n) is 6.36. The van der Waals surface area contributed by atoms with E-state index in [4.69, 9.17) is 11.6 Å². The van der Waals surface area contributed by atoms with Crippen LogP contribution in [0.4, 0.5) is 10.2 Å². The Kier molecular flexibility index (Phi) is 4.90. The number of nitrogens with one attached hydrogen (secondary N) is 1. The zero-order valence-electron chi connectivity index (χ0n) is 10.5. The van der Waals surface area contributed by atoms with Crippen molar-refractivity contribution in [1.29, 1.82) is 0 Å². The van der Waals surface area contributed by atoms with E-state index in [9.17, 15) is 9.18 Å². The molecule has 0 radical (unpaired) electrons. The first-order valence-corrected chi connectivity index (χ1v) is 6.74. The van der Waals surface area contributed by atoms with Crippen LogP contribution in [-0.4, -0.2) is 40.4 Å². The molecule has 1 aliphatic heterocycles. The van der Waals surface area contributed by atoms with Gasteiger partial charge in [0.1, 0.15) is 0 Å². The normalized spacial score (nSPS) is 15.4. The number of anilines is 1. The molecule has 0 aliphatic carbocycles. The van der Waals surface area contributed by atoms with Gasteiger partial charge in [-0.25, -0.2) is 9.37 Å². The molecule has 0 saturated carbocycles. The highest BCUT2D eigenvalue weighted by molar-refractivity contribution is 6.28. The molecule has 7 heteroatoms. The lowest BCUT2D eigenvalue weighted by Gasteiger charge is -2.26. The molecule has 1 fully saturated rings. The molecule has 1 aromatic rings. The number of halogens is 2. The highest BCUT2D eigenvalue weighted by Gasteiger charge is 2.16. The predicted molar refractivity (Wildman–Crippen MR) is 70.5 cm³/mol. The van der Waals surface area contributed by atoms with Crippen molar-refractivity contribution in [1.82, 2.24) is 14.9 Å². The topological polar surface area (TPSA) is 58.1 Å². The number of rotatable bonds is 4. The van der Waals surface area contributed by atoms with E-state index < -0.39 is 5.82 Å². The van der Waals surface area contributed by atoms with Crippen molar-refractivity contribution in [3.8, 4) is 0 Å². The zero-order chi connectivity index (χ0) is 13.7. The lowest BCUT2D eigenvalue weighted by molar-refractivity contribution is -0.131. The van der Waals surface area contributed by atoms with Gasteiger partial charge >= 0.3 is 0 Å². The van der Waals surface area contributed by atoms with E-state index in [1.165, 1.54) is 6.42 Å². The van der Waals surface area contributed by atoms with Gasteiger partial charge in [0.15, 0.2) is 11.6 Å². The van der Waals surface area contributed by atoms with Gasteiger partial charge in [-0.1, -0.05) is 0 Å². The van der Waals surface area contributed by atoms with Crippen LogP contribution in [-0.2, 0) is 4.79 Å². The Morgan fingerprint density at radius 1 is 1.42 bits per heavy atom. The minimum atomic E-state index is -0.574. The summed E-state index contributed by atoms with van der Waals surface area (Å²) in [6.07, 6.45) is 4.64. The van der Waals surface area contributed by atoms with Gasteiger partial charge in [0.05, 0.1) is 6.20 Å². The van der Waals surface area contributed by atoms with E-state index >= 15 is 0 Å².